The van der Waals surface area contributed by atoms with E-state index in [2.05, 4.69) is 34.4 Å². The van der Waals surface area contributed by atoms with Crippen LogP contribution in [0.3, 0.4) is 0 Å². The number of hydrogen-bond donors (Lipinski definition) is 2. The summed E-state index contributed by atoms with van der Waals surface area (Å²) in [6, 6.07) is 7.54. The third-order valence-corrected chi connectivity index (χ3v) is 11.5. The van der Waals surface area contributed by atoms with Crippen LogP contribution in [0.15, 0.2) is 55.6 Å². The zero-order valence-corrected chi connectivity index (χ0v) is 30.4. The van der Waals surface area contributed by atoms with Crippen LogP contribution < -0.4 is 5.32 Å². The first-order valence-corrected chi connectivity index (χ1v) is 18.8. The van der Waals surface area contributed by atoms with Gasteiger partial charge in [0, 0.05) is 23.8 Å². The molecule has 0 radical (unpaired) electrons. The number of fused-ring (bicyclic) bond motifs is 1. The van der Waals surface area contributed by atoms with Gasteiger partial charge in [-0.2, -0.15) is 0 Å². The summed E-state index contributed by atoms with van der Waals surface area (Å²) < 4.78 is 13.0. The van der Waals surface area contributed by atoms with Crippen molar-refractivity contribution in [2.24, 2.45) is 17.8 Å². The number of carbonyl (C=O) groups is 4. The Morgan fingerprint density at radius 1 is 1.16 bits per heavy atom. The number of likely N-dealkylation sites (tertiary alicyclic amines) is 1. The molecule has 4 aliphatic rings. The Labute approximate surface area is 298 Å². The monoisotopic (exact) mass is 741 g/mol. The minimum absolute atomic E-state index is 0.0109. The first kappa shape index (κ1) is 37.2. The summed E-state index contributed by atoms with van der Waals surface area (Å²) in [7, 11) is 0. The van der Waals surface area contributed by atoms with E-state index in [-0.39, 0.29) is 54.1 Å². The van der Waals surface area contributed by atoms with Gasteiger partial charge in [-0.15, -0.1) is 13.2 Å². The number of ether oxygens (including phenoxy) is 2. The summed E-state index contributed by atoms with van der Waals surface area (Å²) in [4.78, 5) is 59.7. The van der Waals surface area contributed by atoms with Crippen molar-refractivity contribution < 1.29 is 33.8 Å². The topological polar surface area (TPSA) is 125 Å². The Kier molecular flexibility index (Phi) is 12.4. The number of nitrogens with one attached hydrogen (secondary N) is 1. The van der Waals surface area contributed by atoms with Crippen LogP contribution in [-0.2, 0) is 28.7 Å². The molecule has 3 heterocycles. The number of carbonyl (C=O) groups excluding carboxylic acids is 4. The fourth-order valence-electron chi connectivity index (χ4n) is 8.58. The summed E-state index contributed by atoms with van der Waals surface area (Å²) in [6.45, 7) is 11.7. The third-order valence-electron chi connectivity index (χ3n) is 10.7. The molecule has 1 unspecified atom stereocenters. The molecule has 1 aromatic rings. The molecule has 10 nitrogen and oxygen atoms in total. The zero-order chi connectivity index (χ0) is 35.3. The SMILES string of the molecule is C=CCCC(=O)NC[C@@H](OC(=O)[C@@H]1[C@H]2O[C@@]3(CC2Br)[C@H](C(=O)N(CC=C)C2CCCCC2)N([C@@H](CO)CC(C)C)C(=O)[C@@H]13)c1ccccc1. The number of aliphatic hydroxyl groups excluding tert-OH is 1. The van der Waals surface area contributed by atoms with E-state index in [1.54, 1.807) is 17.1 Å². The number of alkyl halides is 1. The van der Waals surface area contributed by atoms with Gasteiger partial charge in [-0.1, -0.05) is 91.5 Å². The van der Waals surface area contributed by atoms with Gasteiger partial charge in [0.15, 0.2) is 0 Å². The Morgan fingerprint density at radius 3 is 2.51 bits per heavy atom. The highest BCUT2D eigenvalue weighted by Crippen LogP contribution is 2.61. The summed E-state index contributed by atoms with van der Waals surface area (Å²) in [5, 5.41) is 13.6. The van der Waals surface area contributed by atoms with Crippen LogP contribution in [0, 0.1) is 17.8 Å². The van der Waals surface area contributed by atoms with Gasteiger partial charge >= 0.3 is 5.97 Å². The van der Waals surface area contributed by atoms with Crippen LogP contribution in [0.25, 0.3) is 0 Å². The number of hydrogen-bond acceptors (Lipinski definition) is 7. The largest absolute Gasteiger partial charge is 0.455 e. The van der Waals surface area contributed by atoms with E-state index < -0.39 is 47.7 Å². The van der Waals surface area contributed by atoms with Crippen molar-refractivity contribution in [3.8, 4) is 0 Å². The van der Waals surface area contributed by atoms with Gasteiger partial charge in [0.2, 0.25) is 17.7 Å². The molecule has 2 bridgehead atoms. The summed E-state index contributed by atoms with van der Waals surface area (Å²) in [5.74, 6) is -3.21. The molecule has 3 aliphatic heterocycles. The van der Waals surface area contributed by atoms with Crippen LogP contribution in [0.1, 0.15) is 83.3 Å². The number of aliphatic hydroxyl groups is 1. The van der Waals surface area contributed by atoms with Gasteiger partial charge in [-0.3, -0.25) is 19.2 Å². The molecule has 1 aliphatic carbocycles. The third kappa shape index (κ3) is 7.54. The van der Waals surface area contributed by atoms with Crippen LogP contribution in [0.4, 0.5) is 0 Å². The van der Waals surface area contributed by atoms with Crippen molar-refractivity contribution in [2.45, 2.75) is 112 Å². The molecule has 0 aromatic heterocycles. The van der Waals surface area contributed by atoms with E-state index >= 15 is 0 Å². The van der Waals surface area contributed by atoms with Gasteiger partial charge in [-0.25, -0.2) is 0 Å². The van der Waals surface area contributed by atoms with Crippen LogP contribution in [-0.4, -0.2) is 93.0 Å². The predicted octanol–water partition coefficient (Wildman–Crippen LogP) is 4.86. The molecule has 2 N–H and O–H groups in total. The van der Waals surface area contributed by atoms with E-state index in [1.165, 1.54) is 0 Å². The van der Waals surface area contributed by atoms with E-state index in [9.17, 15) is 24.3 Å². The van der Waals surface area contributed by atoms with Gasteiger partial charge in [-0.05, 0) is 43.6 Å². The standard InChI is InChI=1S/C38H52BrN3O7/c1-5-7-18-30(44)40-22-29(25-14-10-8-11-15-25)48-37(47)31-32-35(45)42(27(23-43)20-24(3)4)34(38(32)21-28(39)33(31)49-38)36(46)41(19-6-2)26-16-12-9-13-17-26/h5-6,8,10-11,14-15,24,26-29,31-34,43H,1-2,7,9,12-13,16-23H2,3-4H3,(H,40,44)/t27-,28?,29-,31+,32-,33+,34+,38-/m1/s1. The second-order valence-electron chi connectivity index (χ2n) is 14.4. The lowest BCUT2D eigenvalue weighted by atomic mass is 9.70. The van der Waals surface area contributed by atoms with Gasteiger partial charge < -0.3 is 29.7 Å². The molecule has 3 amide bonds. The minimum Gasteiger partial charge on any atom is -0.455 e. The zero-order valence-electron chi connectivity index (χ0n) is 28.8. The Bertz CT molecular complexity index is 1370. The lowest BCUT2D eigenvalue weighted by Gasteiger charge is -2.42. The molecule has 1 spiro atoms. The maximum Gasteiger partial charge on any atom is 0.313 e. The highest BCUT2D eigenvalue weighted by atomic mass is 79.9. The Hall–Kier alpha value is -3.02. The highest BCUT2D eigenvalue weighted by molar-refractivity contribution is 9.09. The molecule has 1 saturated carbocycles. The van der Waals surface area contributed by atoms with Crippen molar-refractivity contribution in [3.63, 3.8) is 0 Å². The van der Waals surface area contributed by atoms with Crippen molar-refractivity contribution in [1.29, 1.82) is 0 Å². The molecule has 11 heteroatoms. The summed E-state index contributed by atoms with van der Waals surface area (Å²) in [5.41, 5.74) is -0.581. The maximum absolute atomic E-state index is 14.9. The van der Waals surface area contributed by atoms with Crippen molar-refractivity contribution >= 4 is 39.6 Å². The highest BCUT2D eigenvalue weighted by Gasteiger charge is 2.77. The van der Waals surface area contributed by atoms with Crippen molar-refractivity contribution in [2.75, 3.05) is 19.7 Å². The number of allylic oxidation sites excluding steroid dienone is 1. The second kappa shape index (κ2) is 16.3. The number of esters is 1. The number of nitrogens with zero attached hydrogens (tertiary/aromatic N) is 2. The first-order valence-electron chi connectivity index (χ1n) is 17.9. The summed E-state index contributed by atoms with van der Waals surface area (Å²) in [6.07, 6.45) is 8.42. The average molecular weight is 743 g/mol. The molecule has 3 saturated heterocycles. The van der Waals surface area contributed by atoms with Gasteiger partial charge in [0.1, 0.15) is 17.7 Å². The molecular weight excluding hydrogens is 690 g/mol. The smallest absolute Gasteiger partial charge is 0.313 e. The van der Waals surface area contributed by atoms with E-state index in [4.69, 9.17) is 9.47 Å². The Morgan fingerprint density at radius 2 is 1.88 bits per heavy atom. The number of rotatable bonds is 16. The second-order valence-corrected chi connectivity index (χ2v) is 15.6. The molecule has 5 rings (SSSR count). The van der Waals surface area contributed by atoms with E-state index in [1.807, 2.05) is 49.1 Å². The molecule has 8 atom stereocenters. The number of amides is 3. The molecule has 49 heavy (non-hydrogen) atoms. The quantitative estimate of drug-likeness (QED) is 0.141. The molecule has 268 valence electrons. The number of benzene rings is 1. The van der Waals surface area contributed by atoms with Crippen LogP contribution in [0.2, 0.25) is 0 Å². The summed E-state index contributed by atoms with van der Waals surface area (Å²) >= 11 is 3.76. The van der Waals surface area contributed by atoms with Gasteiger partial charge in [0.25, 0.3) is 0 Å². The normalized spacial score (nSPS) is 29.0. The lowest BCUT2D eigenvalue weighted by Crippen LogP contribution is -2.60. The maximum atomic E-state index is 14.9. The first-order chi connectivity index (χ1) is 23.6. The average Bonchev–Trinajstić information content (AvgIpc) is 3.70. The molecule has 1 aromatic carbocycles. The van der Waals surface area contributed by atoms with Crippen LogP contribution in [0.5, 0.6) is 0 Å². The minimum atomic E-state index is -1.28. The molecular formula is C38H52BrN3O7. The van der Waals surface area contributed by atoms with E-state index in [0.717, 1.165) is 32.1 Å². The number of halogens is 1. The van der Waals surface area contributed by atoms with Crippen LogP contribution >= 0.6 is 15.9 Å². The lowest BCUT2D eigenvalue weighted by molar-refractivity contribution is -0.161. The van der Waals surface area contributed by atoms with Gasteiger partial charge in [0.05, 0.1) is 37.1 Å². The fraction of sp³-hybridized carbons (Fsp3) is 0.632. The Balaban J connectivity index is 1.50. The molecule has 4 fully saturated rings. The van der Waals surface area contributed by atoms with Crippen molar-refractivity contribution in [1.82, 2.24) is 15.1 Å². The predicted molar refractivity (Wildman–Crippen MR) is 189 cm³/mol. The van der Waals surface area contributed by atoms with E-state index in [0.29, 0.717) is 31.4 Å². The fourth-order valence-corrected chi connectivity index (χ4v) is 9.52. The van der Waals surface area contributed by atoms with Crippen molar-refractivity contribution in [3.05, 3.63) is 61.2 Å².